The number of pyridine rings is 2. The Morgan fingerprint density at radius 2 is 0.425 bits per heavy atom. The lowest BCUT2D eigenvalue weighted by molar-refractivity contribution is 1.07. The SMILES string of the molecule is c1ccc(-c2ccc(-c3nc(-c4ccccc4)nc(-c4cccc(-c5ccc(-c6ccc(-c7ccc8ccc9c%10ccccc%10ccc9c8n7)cc6)cc5)c4)n3)cc2)cc1.c1ccc(-c2ccc(-c3nc(-c4ccccc4)nc(-c4cccc(-c5ccc(-c6ccc(-c7nc8ccccc8c8ccc9ccccc9c78)cc6)cc5)c4)n3)cc2)cc1. The highest BCUT2D eigenvalue weighted by atomic mass is 15.0. The van der Waals surface area contributed by atoms with Crippen LogP contribution >= 0.6 is 0 Å². The van der Waals surface area contributed by atoms with Gasteiger partial charge in [0.15, 0.2) is 34.9 Å². The molecule has 0 N–H and O–H groups in total. The first kappa shape index (κ1) is 71.6. The number of hydrogen-bond donors (Lipinski definition) is 0. The highest BCUT2D eigenvalue weighted by Gasteiger charge is 2.20. The summed E-state index contributed by atoms with van der Waals surface area (Å²) < 4.78 is 0. The van der Waals surface area contributed by atoms with E-state index < -0.39 is 0 Å². The number of para-hydroxylation sites is 1. The van der Waals surface area contributed by atoms with Gasteiger partial charge in [0.25, 0.3) is 0 Å². The van der Waals surface area contributed by atoms with Gasteiger partial charge < -0.3 is 0 Å². The minimum absolute atomic E-state index is 0.631. The zero-order chi connectivity index (χ0) is 79.7. The van der Waals surface area contributed by atoms with Crippen molar-refractivity contribution in [3.8, 4) is 158 Å². The van der Waals surface area contributed by atoms with Gasteiger partial charge in [-0.25, -0.2) is 39.9 Å². The van der Waals surface area contributed by atoms with Crippen LogP contribution in [0.1, 0.15) is 0 Å². The van der Waals surface area contributed by atoms with Crippen LogP contribution in [0.2, 0.25) is 0 Å². The Labute approximate surface area is 694 Å². The van der Waals surface area contributed by atoms with Gasteiger partial charge in [0.1, 0.15) is 0 Å². The summed E-state index contributed by atoms with van der Waals surface area (Å²) in [6, 6.07) is 153. The largest absolute Gasteiger partial charge is 0.247 e. The fourth-order valence-electron chi connectivity index (χ4n) is 16.4. The highest BCUT2D eigenvalue weighted by Crippen LogP contribution is 2.41. The van der Waals surface area contributed by atoms with Gasteiger partial charge in [-0.05, 0) is 123 Å². The molecule has 0 aliphatic carbocycles. The number of nitrogens with zero attached hydrogens (tertiary/aromatic N) is 8. The zero-order valence-corrected chi connectivity index (χ0v) is 65.1. The van der Waals surface area contributed by atoms with E-state index in [4.69, 9.17) is 39.9 Å². The van der Waals surface area contributed by atoms with Gasteiger partial charge in [-0.1, -0.05) is 413 Å². The molecule has 0 spiro atoms. The molecule has 22 rings (SSSR count). The van der Waals surface area contributed by atoms with E-state index >= 15 is 0 Å². The third-order valence-electron chi connectivity index (χ3n) is 22.7. The number of aromatic nitrogens is 8. The quantitative estimate of drug-likeness (QED) is 0.0992. The molecule has 0 unspecified atom stereocenters. The Morgan fingerprint density at radius 1 is 0.133 bits per heavy atom. The van der Waals surface area contributed by atoms with E-state index in [9.17, 15) is 0 Å². The van der Waals surface area contributed by atoms with Crippen LogP contribution < -0.4 is 0 Å². The van der Waals surface area contributed by atoms with Gasteiger partial charge >= 0.3 is 0 Å². The predicted molar refractivity (Wildman–Crippen MR) is 496 cm³/mol. The number of fused-ring (bicyclic) bond motifs is 10. The van der Waals surface area contributed by atoms with Gasteiger partial charge in [-0.15, -0.1) is 0 Å². The maximum atomic E-state index is 5.24. The molecule has 0 amide bonds. The van der Waals surface area contributed by atoms with Gasteiger partial charge in [0.2, 0.25) is 0 Å². The van der Waals surface area contributed by atoms with Crippen molar-refractivity contribution < 1.29 is 0 Å². The third-order valence-corrected chi connectivity index (χ3v) is 22.7. The predicted octanol–water partition coefficient (Wildman–Crippen LogP) is 28.8. The normalized spacial score (nSPS) is 11.3. The molecule has 0 radical (unpaired) electrons. The first-order valence-corrected chi connectivity index (χ1v) is 40.4. The van der Waals surface area contributed by atoms with E-state index in [1.165, 1.54) is 59.6 Å². The molecular weight excluding hydrogens is 1460 g/mol. The van der Waals surface area contributed by atoms with Crippen LogP contribution in [0.15, 0.2) is 437 Å². The highest BCUT2D eigenvalue weighted by molar-refractivity contribution is 6.21. The smallest absolute Gasteiger partial charge is 0.164 e. The molecule has 4 aromatic heterocycles. The van der Waals surface area contributed by atoms with Gasteiger partial charge in [-0.2, -0.15) is 0 Å². The molecule has 22 aromatic rings. The van der Waals surface area contributed by atoms with Crippen LogP contribution in [0.4, 0.5) is 0 Å². The zero-order valence-electron chi connectivity index (χ0n) is 65.1. The third kappa shape index (κ3) is 14.3. The first-order chi connectivity index (χ1) is 59.4. The average Bonchev–Trinajstić information content (AvgIpc) is 0.720. The summed E-state index contributed by atoms with van der Waals surface area (Å²) in [6.07, 6.45) is 0. The van der Waals surface area contributed by atoms with Crippen LogP contribution in [-0.2, 0) is 0 Å². The lowest BCUT2D eigenvalue weighted by Gasteiger charge is -2.13. The van der Waals surface area contributed by atoms with E-state index in [1.807, 2.05) is 72.8 Å². The Balaban J connectivity index is 0.000000148. The number of hydrogen-bond acceptors (Lipinski definition) is 8. The molecule has 0 aliphatic rings. The summed E-state index contributed by atoms with van der Waals surface area (Å²) in [5, 5.41) is 12.1. The minimum Gasteiger partial charge on any atom is -0.247 e. The molecule has 0 aliphatic heterocycles. The van der Waals surface area contributed by atoms with Crippen LogP contribution in [-0.4, -0.2) is 39.9 Å². The Hall–Kier alpha value is -16.2. The molecule has 120 heavy (non-hydrogen) atoms. The van der Waals surface area contributed by atoms with Crippen molar-refractivity contribution in [1.29, 1.82) is 0 Å². The first-order valence-electron chi connectivity index (χ1n) is 40.4. The molecule has 0 bridgehead atoms. The molecule has 0 saturated heterocycles. The van der Waals surface area contributed by atoms with Crippen LogP contribution in [0.25, 0.3) is 222 Å². The fourth-order valence-corrected chi connectivity index (χ4v) is 16.4. The molecule has 4 heterocycles. The maximum absolute atomic E-state index is 5.24. The molecule has 0 atom stereocenters. The monoisotopic (exact) mass is 1530 g/mol. The molecule has 8 heteroatoms. The van der Waals surface area contributed by atoms with E-state index in [0.717, 1.165) is 128 Å². The lowest BCUT2D eigenvalue weighted by atomic mass is 9.94. The van der Waals surface area contributed by atoms with Crippen molar-refractivity contribution >= 4 is 64.9 Å². The number of benzene rings is 18. The summed E-state index contributed by atoms with van der Waals surface area (Å²) in [4.78, 5) is 40.4. The van der Waals surface area contributed by atoms with Crippen molar-refractivity contribution in [2.45, 2.75) is 0 Å². The summed E-state index contributed by atoms with van der Waals surface area (Å²) in [5.41, 5.74) is 25.5. The van der Waals surface area contributed by atoms with Crippen molar-refractivity contribution in [2.75, 3.05) is 0 Å². The second-order valence-corrected chi connectivity index (χ2v) is 30.1. The van der Waals surface area contributed by atoms with E-state index in [-0.39, 0.29) is 0 Å². The molecular formula is C112H72N8. The molecule has 560 valence electrons. The Bertz CT molecular complexity index is 7550. The van der Waals surface area contributed by atoms with Crippen LogP contribution in [0.3, 0.4) is 0 Å². The topological polar surface area (TPSA) is 103 Å². The number of rotatable bonds is 14. The van der Waals surface area contributed by atoms with E-state index in [2.05, 4.69) is 364 Å². The van der Waals surface area contributed by atoms with E-state index in [1.54, 1.807) is 0 Å². The standard InChI is InChI=1S/2C56H36N4/c1-3-12-37(13-4-1)38-28-32-45(33-29-38)55-58-54(44-15-5-2-6-16-44)59-56(60-55)47-18-11-17-46(36-47)41-24-22-39(23-25-41)40-26-30-43(31-27-40)53-52-48-19-8-7-14-42(48)34-35-50(52)49-20-9-10-21-51(49)57-53;1-3-10-37(11-4-1)38-24-28-46(29-25-38)55-58-54(45-13-5-2-6-14-45)59-56(60-55)48-16-9-15-47(36-48)41-20-18-39(19-21-41)40-22-26-43(27-23-40)52-35-32-44-31-33-50-49-17-8-7-12-42(49)30-34-51(50)53(44)57-52/h2*1-36H. The van der Waals surface area contributed by atoms with Crippen molar-refractivity contribution in [3.05, 3.63) is 437 Å². The summed E-state index contributed by atoms with van der Waals surface area (Å²) >= 11 is 0. The second-order valence-electron chi connectivity index (χ2n) is 30.1. The molecule has 0 fully saturated rings. The van der Waals surface area contributed by atoms with Crippen molar-refractivity contribution in [3.63, 3.8) is 0 Å². The Kier molecular flexibility index (Phi) is 18.8. The van der Waals surface area contributed by atoms with Gasteiger partial charge in [0.05, 0.1) is 22.4 Å². The lowest BCUT2D eigenvalue weighted by Crippen LogP contribution is -2.00. The van der Waals surface area contributed by atoms with Gasteiger partial charge in [-0.3, -0.25) is 0 Å². The second kappa shape index (κ2) is 31.6. The summed E-state index contributed by atoms with van der Waals surface area (Å²) in [7, 11) is 0. The van der Waals surface area contributed by atoms with Crippen LogP contribution in [0.5, 0.6) is 0 Å². The van der Waals surface area contributed by atoms with Crippen LogP contribution in [0, 0.1) is 0 Å². The molecule has 8 nitrogen and oxygen atoms in total. The Morgan fingerprint density at radius 3 is 0.883 bits per heavy atom. The van der Waals surface area contributed by atoms with Crippen molar-refractivity contribution in [1.82, 2.24) is 39.9 Å². The molecule has 0 saturated carbocycles. The maximum Gasteiger partial charge on any atom is 0.164 e. The minimum atomic E-state index is 0.631. The average molecular weight is 1530 g/mol. The summed E-state index contributed by atoms with van der Waals surface area (Å²) in [6.45, 7) is 0. The molecule has 18 aromatic carbocycles. The van der Waals surface area contributed by atoms with E-state index in [0.29, 0.717) is 34.9 Å². The summed E-state index contributed by atoms with van der Waals surface area (Å²) in [5.74, 6) is 3.82. The van der Waals surface area contributed by atoms with Gasteiger partial charge in [0, 0.05) is 66.1 Å². The van der Waals surface area contributed by atoms with Crippen molar-refractivity contribution in [2.24, 2.45) is 0 Å². The fraction of sp³-hybridized carbons (Fsp3) is 0.